The Morgan fingerprint density at radius 2 is 1.43 bits per heavy atom. The number of nitrogens with one attached hydrogen (secondary N) is 1. The van der Waals surface area contributed by atoms with Gasteiger partial charge in [0.05, 0.1) is 12.1 Å². The van der Waals surface area contributed by atoms with E-state index in [9.17, 15) is 5.26 Å². The number of rotatable bonds is 5. The first kappa shape index (κ1) is 15.7. The first-order chi connectivity index (χ1) is 11.1. The van der Waals surface area contributed by atoms with E-state index in [1.165, 1.54) is 11.1 Å². The third-order valence-electron chi connectivity index (χ3n) is 4.32. The molecule has 1 aliphatic heterocycles. The van der Waals surface area contributed by atoms with Crippen LogP contribution in [0.1, 0.15) is 31.0 Å². The van der Waals surface area contributed by atoms with Gasteiger partial charge in [-0.25, -0.2) is 0 Å². The minimum Gasteiger partial charge on any atom is -0.295 e. The quantitative estimate of drug-likeness (QED) is 0.920. The standard InChI is InChI=1S/C20H23N3/c1-16(2)22-20(13-21)14-23(15-20)19(17-9-5-3-6-10-17)18-11-7-4-8-12-18/h3-12,16,19,22H,14-15H2,1-2H3. The summed E-state index contributed by atoms with van der Waals surface area (Å²) in [6.45, 7) is 5.67. The lowest BCUT2D eigenvalue weighted by Gasteiger charge is -2.50. The lowest BCUT2D eigenvalue weighted by atomic mass is 9.85. The number of nitrogens with zero attached hydrogens (tertiary/aromatic N) is 2. The van der Waals surface area contributed by atoms with E-state index in [1.54, 1.807) is 0 Å². The maximum absolute atomic E-state index is 9.59. The molecule has 2 aromatic rings. The maximum Gasteiger partial charge on any atom is 0.132 e. The van der Waals surface area contributed by atoms with Crippen LogP contribution in [0.5, 0.6) is 0 Å². The minimum atomic E-state index is -0.421. The highest BCUT2D eigenvalue weighted by atomic mass is 15.3. The molecule has 1 saturated heterocycles. The highest BCUT2D eigenvalue weighted by Crippen LogP contribution is 2.35. The van der Waals surface area contributed by atoms with Crippen LogP contribution in [0.25, 0.3) is 0 Å². The van der Waals surface area contributed by atoms with Crippen LogP contribution in [0, 0.1) is 11.3 Å². The Morgan fingerprint density at radius 3 is 1.83 bits per heavy atom. The van der Waals surface area contributed by atoms with Crippen molar-refractivity contribution < 1.29 is 0 Å². The summed E-state index contributed by atoms with van der Waals surface area (Å²) >= 11 is 0. The van der Waals surface area contributed by atoms with Crippen molar-refractivity contribution >= 4 is 0 Å². The lowest BCUT2D eigenvalue weighted by molar-refractivity contribution is 0.0468. The van der Waals surface area contributed by atoms with E-state index in [4.69, 9.17) is 0 Å². The molecule has 0 radical (unpaired) electrons. The van der Waals surface area contributed by atoms with Crippen molar-refractivity contribution in [2.75, 3.05) is 13.1 Å². The predicted molar refractivity (Wildman–Crippen MR) is 92.9 cm³/mol. The minimum absolute atomic E-state index is 0.202. The summed E-state index contributed by atoms with van der Waals surface area (Å²) in [5.74, 6) is 0. The molecule has 0 amide bonds. The van der Waals surface area contributed by atoms with E-state index >= 15 is 0 Å². The maximum atomic E-state index is 9.59. The van der Waals surface area contributed by atoms with E-state index in [0.717, 1.165) is 13.1 Å². The molecule has 3 nitrogen and oxygen atoms in total. The average molecular weight is 305 g/mol. The number of likely N-dealkylation sites (tertiary alicyclic amines) is 1. The molecule has 3 rings (SSSR count). The van der Waals surface area contributed by atoms with Crippen molar-refractivity contribution in [1.82, 2.24) is 10.2 Å². The molecule has 1 fully saturated rings. The van der Waals surface area contributed by atoms with Gasteiger partial charge in [-0.3, -0.25) is 10.2 Å². The Morgan fingerprint density at radius 1 is 0.957 bits per heavy atom. The summed E-state index contributed by atoms with van der Waals surface area (Å²) in [6.07, 6.45) is 0. The van der Waals surface area contributed by atoms with Gasteiger partial charge in [0.1, 0.15) is 5.54 Å². The van der Waals surface area contributed by atoms with E-state index in [2.05, 4.69) is 78.7 Å². The van der Waals surface area contributed by atoms with Crippen LogP contribution in [0.4, 0.5) is 0 Å². The molecule has 1 aliphatic rings. The number of nitriles is 1. The average Bonchev–Trinajstić information content (AvgIpc) is 2.54. The molecular weight excluding hydrogens is 282 g/mol. The second-order valence-electron chi connectivity index (χ2n) is 6.62. The molecule has 0 aliphatic carbocycles. The van der Waals surface area contributed by atoms with Crippen LogP contribution in [0.2, 0.25) is 0 Å². The smallest absolute Gasteiger partial charge is 0.132 e. The topological polar surface area (TPSA) is 39.1 Å². The summed E-state index contributed by atoms with van der Waals surface area (Å²) in [5, 5.41) is 13.0. The molecule has 0 unspecified atom stereocenters. The first-order valence-corrected chi connectivity index (χ1v) is 8.16. The van der Waals surface area contributed by atoms with Crippen LogP contribution >= 0.6 is 0 Å². The van der Waals surface area contributed by atoms with Gasteiger partial charge in [0.15, 0.2) is 0 Å². The summed E-state index contributed by atoms with van der Waals surface area (Å²) in [6, 6.07) is 24.1. The van der Waals surface area contributed by atoms with Gasteiger partial charge in [0.2, 0.25) is 0 Å². The lowest BCUT2D eigenvalue weighted by Crippen LogP contribution is -2.70. The van der Waals surface area contributed by atoms with E-state index in [0.29, 0.717) is 6.04 Å². The Balaban J connectivity index is 1.86. The monoisotopic (exact) mass is 305 g/mol. The Kier molecular flexibility index (Phi) is 4.47. The van der Waals surface area contributed by atoms with Crippen LogP contribution in [-0.2, 0) is 0 Å². The van der Waals surface area contributed by atoms with E-state index in [-0.39, 0.29) is 6.04 Å². The van der Waals surface area contributed by atoms with Gasteiger partial charge >= 0.3 is 0 Å². The van der Waals surface area contributed by atoms with Gasteiger partial charge in [-0.1, -0.05) is 60.7 Å². The Hall–Kier alpha value is -2.15. The Labute approximate surface area is 138 Å². The first-order valence-electron chi connectivity index (χ1n) is 8.16. The molecule has 0 aromatic heterocycles. The fourth-order valence-corrected chi connectivity index (χ4v) is 3.46. The number of hydrogen-bond donors (Lipinski definition) is 1. The van der Waals surface area contributed by atoms with Crippen molar-refractivity contribution in [3.05, 3.63) is 71.8 Å². The third kappa shape index (κ3) is 3.29. The van der Waals surface area contributed by atoms with Crippen LogP contribution in [0.15, 0.2) is 60.7 Å². The van der Waals surface area contributed by atoms with Crippen LogP contribution in [0.3, 0.4) is 0 Å². The Bertz CT molecular complexity index is 628. The molecule has 1 N–H and O–H groups in total. The van der Waals surface area contributed by atoms with Gasteiger partial charge in [-0.05, 0) is 25.0 Å². The molecule has 0 bridgehead atoms. The fraction of sp³-hybridized carbons (Fsp3) is 0.350. The predicted octanol–water partition coefficient (Wildman–Crippen LogP) is 3.35. The molecular formula is C20H23N3. The zero-order valence-corrected chi connectivity index (χ0v) is 13.7. The fourth-order valence-electron chi connectivity index (χ4n) is 3.46. The van der Waals surface area contributed by atoms with Crippen molar-refractivity contribution in [2.45, 2.75) is 31.5 Å². The largest absolute Gasteiger partial charge is 0.295 e. The summed E-state index contributed by atoms with van der Waals surface area (Å²) < 4.78 is 0. The van der Waals surface area contributed by atoms with Gasteiger partial charge in [0, 0.05) is 19.1 Å². The molecule has 1 heterocycles. The van der Waals surface area contributed by atoms with Crippen molar-refractivity contribution in [3.63, 3.8) is 0 Å². The van der Waals surface area contributed by atoms with Gasteiger partial charge < -0.3 is 0 Å². The number of benzene rings is 2. The van der Waals surface area contributed by atoms with Crippen molar-refractivity contribution in [3.8, 4) is 6.07 Å². The molecule has 23 heavy (non-hydrogen) atoms. The third-order valence-corrected chi connectivity index (χ3v) is 4.32. The number of hydrogen-bond acceptors (Lipinski definition) is 3. The van der Waals surface area contributed by atoms with Gasteiger partial charge in [-0.2, -0.15) is 5.26 Å². The van der Waals surface area contributed by atoms with Crippen molar-refractivity contribution in [2.24, 2.45) is 0 Å². The summed E-state index contributed by atoms with van der Waals surface area (Å²) in [5.41, 5.74) is 2.13. The second-order valence-corrected chi connectivity index (χ2v) is 6.62. The highest BCUT2D eigenvalue weighted by molar-refractivity contribution is 5.34. The summed E-state index contributed by atoms with van der Waals surface area (Å²) in [7, 11) is 0. The van der Waals surface area contributed by atoms with Crippen LogP contribution < -0.4 is 5.32 Å². The summed E-state index contributed by atoms with van der Waals surface area (Å²) in [4.78, 5) is 2.38. The zero-order valence-electron chi connectivity index (χ0n) is 13.7. The molecule has 118 valence electrons. The molecule has 3 heteroatoms. The molecule has 0 spiro atoms. The molecule has 2 aromatic carbocycles. The molecule has 0 saturated carbocycles. The van der Waals surface area contributed by atoms with Gasteiger partial charge in [-0.15, -0.1) is 0 Å². The normalized spacial score (nSPS) is 17.0. The van der Waals surface area contributed by atoms with Crippen molar-refractivity contribution in [1.29, 1.82) is 5.26 Å². The second kappa shape index (κ2) is 6.54. The zero-order chi connectivity index (χ0) is 16.3. The van der Waals surface area contributed by atoms with Crippen LogP contribution in [-0.4, -0.2) is 29.6 Å². The van der Waals surface area contributed by atoms with Gasteiger partial charge in [0.25, 0.3) is 0 Å². The molecule has 0 atom stereocenters. The SMILES string of the molecule is CC(C)NC1(C#N)CN(C(c2ccccc2)c2ccccc2)C1. The highest BCUT2D eigenvalue weighted by Gasteiger charge is 2.46. The van der Waals surface area contributed by atoms with E-state index < -0.39 is 5.54 Å². The van der Waals surface area contributed by atoms with E-state index in [1.807, 2.05) is 12.1 Å².